The number of hydrogen-bond donors (Lipinski definition) is 1. The minimum atomic E-state index is -0.617. The van der Waals surface area contributed by atoms with Crippen molar-refractivity contribution >= 4 is 34.8 Å². The van der Waals surface area contributed by atoms with Gasteiger partial charge in [0.25, 0.3) is 5.91 Å². The van der Waals surface area contributed by atoms with E-state index in [9.17, 15) is 14.4 Å². The molecule has 0 heterocycles. The van der Waals surface area contributed by atoms with Gasteiger partial charge in [-0.25, -0.2) is 0 Å². The maximum atomic E-state index is 12.7. The predicted octanol–water partition coefficient (Wildman–Crippen LogP) is 5.28. The molecule has 0 saturated carbocycles. The van der Waals surface area contributed by atoms with Gasteiger partial charge in [-0.15, -0.1) is 0 Å². The smallest absolute Gasteiger partial charge is 0.251 e. The van der Waals surface area contributed by atoms with Gasteiger partial charge in [-0.2, -0.15) is 0 Å². The van der Waals surface area contributed by atoms with Crippen molar-refractivity contribution in [3.63, 3.8) is 0 Å². The van der Waals surface area contributed by atoms with Crippen molar-refractivity contribution in [2.45, 2.75) is 12.5 Å². The van der Waals surface area contributed by atoms with Crippen molar-refractivity contribution in [3.05, 3.63) is 125 Å². The van der Waals surface area contributed by atoms with E-state index in [0.29, 0.717) is 17.5 Å². The minimum Gasteiger partial charge on any atom is -0.342 e. The van der Waals surface area contributed by atoms with Gasteiger partial charge in [0.15, 0.2) is 5.78 Å². The Labute approximate surface area is 192 Å². The lowest BCUT2D eigenvalue weighted by atomic mass is 10.0. The average molecular weight is 434 g/mol. The third-order valence-electron chi connectivity index (χ3n) is 5.39. The van der Waals surface area contributed by atoms with Gasteiger partial charge >= 0.3 is 0 Å². The first-order valence-electron chi connectivity index (χ1n) is 10.7. The summed E-state index contributed by atoms with van der Waals surface area (Å²) in [5.74, 6) is -0.446. The molecule has 0 unspecified atom stereocenters. The Balaban J connectivity index is 1.44. The van der Waals surface area contributed by atoms with E-state index in [1.807, 2.05) is 78.9 Å². The summed E-state index contributed by atoms with van der Waals surface area (Å²) in [6, 6.07) is 29.4. The van der Waals surface area contributed by atoms with E-state index >= 15 is 0 Å². The fraction of sp³-hybridized carbons (Fsp3) is 0.0690. The van der Waals surface area contributed by atoms with Crippen LogP contribution < -0.4 is 5.32 Å². The van der Waals surface area contributed by atoms with Gasteiger partial charge in [0.2, 0.25) is 0 Å². The molecule has 0 spiro atoms. The zero-order valence-electron chi connectivity index (χ0n) is 18.0. The number of carbonyl (C=O) groups is 3. The van der Waals surface area contributed by atoms with Crippen molar-refractivity contribution in [1.82, 2.24) is 5.32 Å². The van der Waals surface area contributed by atoms with Crippen LogP contribution in [0, 0.1) is 0 Å². The molecule has 4 rings (SSSR count). The highest BCUT2D eigenvalue weighted by Gasteiger charge is 2.14. The van der Waals surface area contributed by atoms with E-state index in [4.69, 9.17) is 0 Å². The molecule has 4 nitrogen and oxygen atoms in total. The quantitative estimate of drug-likeness (QED) is 0.234. The highest BCUT2D eigenvalue weighted by molar-refractivity contribution is 6.08. The number of aldehydes is 1. The molecule has 0 radical (unpaired) electrons. The van der Waals surface area contributed by atoms with Crippen molar-refractivity contribution in [3.8, 4) is 0 Å². The predicted molar refractivity (Wildman–Crippen MR) is 131 cm³/mol. The van der Waals surface area contributed by atoms with Crippen LogP contribution in [0.25, 0.3) is 16.8 Å². The fourth-order valence-electron chi connectivity index (χ4n) is 3.65. The van der Waals surface area contributed by atoms with E-state index in [2.05, 4.69) is 5.32 Å². The standard InChI is InChI=1S/C29H23NO3/c31-20-27(18-21-7-2-1-3-8-21)30-29(33)26-12-6-9-22(17-26)13-16-28(32)25-15-14-23-10-4-5-11-24(23)19-25/h1-17,19-20,27H,18H2,(H,30,33)/b16-13+/t27-/m0/s1. The zero-order chi connectivity index (χ0) is 23.0. The average Bonchev–Trinajstić information content (AvgIpc) is 2.87. The van der Waals surface area contributed by atoms with Gasteiger partial charge in [-0.05, 0) is 52.6 Å². The van der Waals surface area contributed by atoms with Crippen LogP contribution in [0.4, 0.5) is 0 Å². The highest BCUT2D eigenvalue weighted by Crippen LogP contribution is 2.17. The first kappa shape index (κ1) is 21.9. The lowest BCUT2D eigenvalue weighted by Crippen LogP contribution is -2.37. The molecule has 0 saturated heterocycles. The largest absolute Gasteiger partial charge is 0.342 e. The summed E-state index contributed by atoms with van der Waals surface area (Å²) in [4.78, 5) is 36.8. The first-order valence-corrected chi connectivity index (χ1v) is 10.7. The van der Waals surface area contributed by atoms with Gasteiger partial charge in [-0.3, -0.25) is 9.59 Å². The molecule has 1 amide bonds. The molecule has 1 atom stereocenters. The Morgan fingerprint density at radius 2 is 1.52 bits per heavy atom. The van der Waals surface area contributed by atoms with E-state index < -0.39 is 6.04 Å². The summed E-state index contributed by atoms with van der Waals surface area (Å²) >= 11 is 0. The molecule has 33 heavy (non-hydrogen) atoms. The number of hydrogen-bond acceptors (Lipinski definition) is 3. The second-order valence-electron chi connectivity index (χ2n) is 7.79. The van der Waals surface area contributed by atoms with E-state index in [1.54, 1.807) is 24.3 Å². The number of benzene rings is 4. The molecule has 0 aliphatic rings. The summed E-state index contributed by atoms with van der Waals surface area (Å²) in [6.07, 6.45) is 4.37. The van der Waals surface area contributed by atoms with Crippen molar-refractivity contribution < 1.29 is 14.4 Å². The molecule has 1 N–H and O–H groups in total. The van der Waals surface area contributed by atoms with Gasteiger partial charge in [0.1, 0.15) is 6.29 Å². The zero-order valence-corrected chi connectivity index (χ0v) is 18.0. The molecular formula is C29H23NO3. The second kappa shape index (κ2) is 10.3. The number of nitrogens with one attached hydrogen (secondary N) is 1. The molecule has 0 bridgehead atoms. The second-order valence-corrected chi connectivity index (χ2v) is 7.79. The monoisotopic (exact) mass is 433 g/mol. The van der Waals surface area contributed by atoms with Gasteiger partial charge < -0.3 is 10.1 Å². The van der Waals surface area contributed by atoms with Crippen molar-refractivity contribution in [1.29, 1.82) is 0 Å². The van der Waals surface area contributed by atoms with E-state index in [-0.39, 0.29) is 11.7 Å². The fourth-order valence-corrected chi connectivity index (χ4v) is 3.65. The van der Waals surface area contributed by atoms with Crippen LogP contribution in [-0.4, -0.2) is 24.0 Å². The number of amides is 1. The minimum absolute atomic E-state index is 0.112. The van der Waals surface area contributed by atoms with Crippen LogP contribution in [0.5, 0.6) is 0 Å². The van der Waals surface area contributed by atoms with E-state index in [1.165, 1.54) is 6.08 Å². The van der Waals surface area contributed by atoms with Crippen LogP contribution >= 0.6 is 0 Å². The summed E-state index contributed by atoms with van der Waals surface area (Å²) in [5, 5.41) is 4.86. The number of carbonyl (C=O) groups excluding carboxylic acids is 3. The SMILES string of the molecule is O=C[C@H](Cc1ccccc1)NC(=O)c1cccc(/C=C/C(=O)c2ccc3ccccc3c2)c1. The lowest BCUT2D eigenvalue weighted by Gasteiger charge is -2.13. The van der Waals surface area contributed by atoms with Gasteiger partial charge in [0, 0.05) is 11.1 Å². The third-order valence-corrected chi connectivity index (χ3v) is 5.39. The maximum absolute atomic E-state index is 12.7. The van der Waals surface area contributed by atoms with Crippen LogP contribution in [-0.2, 0) is 11.2 Å². The Kier molecular flexibility index (Phi) is 6.86. The summed E-state index contributed by atoms with van der Waals surface area (Å²) < 4.78 is 0. The Bertz CT molecular complexity index is 1330. The topological polar surface area (TPSA) is 63.2 Å². The maximum Gasteiger partial charge on any atom is 0.251 e. The molecule has 0 fully saturated rings. The molecule has 4 aromatic rings. The van der Waals surface area contributed by atoms with Gasteiger partial charge in [0.05, 0.1) is 6.04 Å². The van der Waals surface area contributed by atoms with E-state index in [0.717, 1.165) is 28.2 Å². The Morgan fingerprint density at radius 3 is 2.30 bits per heavy atom. The summed E-state index contributed by atoms with van der Waals surface area (Å²) in [5.41, 5.74) is 2.73. The number of rotatable bonds is 8. The molecule has 0 aliphatic carbocycles. The number of ketones is 1. The normalized spacial score (nSPS) is 11.9. The van der Waals surface area contributed by atoms with Crippen molar-refractivity contribution in [2.24, 2.45) is 0 Å². The van der Waals surface area contributed by atoms with Crippen LogP contribution in [0.3, 0.4) is 0 Å². The molecule has 0 aliphatic heterocycles. The number of allylic oxidation sites excluding steroid dienone is 1. The highest BCUT2D eigenvalue weighted by atomic mass is 16.2. The lowest BCUT2D eigenvalue weighted by molar-refractivity contribution is -0.109. The molecule has 4 aromatic carbocycles. The first-order chi connectivity index (χ1) is 16.1. The number of fused-ring (bicyclic) bond motifs is 1. The van der Waals surface area contributed by atoms with Gasteiger partial charge in [-0.1, -0.05) is 84.9 Å². The molecule has 4 heteroatoms. The summed E-state index contributed by atoms with van der Waals surface area (Å²) in [7, 11) is 0. The van der Waals surface area contributed by atoms with Crippen LogP contribution in [0.15, 0.2) is 103 Å². The molecule has 0 aromatic heterocycles. The van der Waals surface area contributed by atoms with Crippen LogP contribution in [0.1, 0.15) is 31.8 Å². The molecular weight excluding hydrogens is 410 g/mol. The van der Waals surface area contributed by atoms with Crippen molar-refractivity contribution in [2.75, 3.05) is 0 Å². The Hall–Kier alpha value is -4.31. The molecule has 162 valence electrons. The third kappa shape index (κ3) is 5.69. The summed E-state index contributed by atoms with van der Waals surface area (Å²) in [6.45, 7) is 0. The van der Waals surface area contributed by atoms with Crippen LogP contribution in [0.2, 0.25) is 0 Å². The Morgan fingerprint density at radius 1 is 0.758 bits per heavy atom.